The summed E-state index contributed by atoms with van der Waals surface area (Å²) in [5, 5.41) is 1.20. The molecule has 1 saturated heterocycles. The highest BCUT2D eigenvalue weighted by molar-refractivity contribution is 7.99. The standard InChI is InChI=1S/C18H17FN2O2S2/c1-10-14(11-4-6-12(19)7-5-11)15-16(22)20-18(21-17(15)25-10)24-9-13-3-2-8-23-13/h4-7,13H,2-3,8-9H2,1H3,(H,20,21,22)/t13-/m1/s1. The van der Waals surface area contributed by atoms with Crippen LogP contribution in [0.1, 0.15) is 17.7 Å². The Balaban J connectivity index is 1.70. The molecule has 7 heteroatoms. The third-order valence-corrected chi connectivity index (χ3v) is 6.28. The third-order valence-electron chi connectivity index (χ3n) is 4.28. The van der Waals surface area contributed by atoms with E-state index in [1.165, 1.54) is 35.2 Å². The van der Waals surface area contributed by atoms with Crippen LogP contribution < -0.4 is 5.56 Å². The lowest BCUT2D eigenvalue weighted by Crippen LogP contribution is -2.12. The summed E-state index contributed by atoms with van der Waals surface area (Å²) in [6, 6.07) is 6.21. The first-order chi connectivity index (χ1) is 12.1. The molecule has 3 aromatic rings. The van der Waals surface area contributed by atoms with Crippen LogP contribution in [0.4, 0.5) is 4.39 Å². The van der Waals surface area contributed by atoms with Gasteiger partial charge in [-0.05, 0) is 37.5 Å². The number of hydrogen-bond acceptors (Lipinski definition) is 5. The van der Waals surface area contributed by atoms with Crippen LogP contribution in [-0.2, 0) is 4.74 Å². The first kappa shape index (κ1) is 16.8. The number of halogens is 1. The van der Waals surface area contributed by atoms with E-state index in [1.54, 1.807) is 12.1 Å². The van der Waals surface area contributed by atoms with Crippen molar-refractivity contribution >= 4 is 33.3 Å². The van der Waals surface area contributed by atoms with Crippen LogP contribution in [0.3, 0.4) is 0 Å². The second-order valence-electron chi connectivity index (χ2n) is 6.04. The molecule has 1 aliphatic rings. The molecule has 1 atom stereocenters. The molecular weight excluding hydrogens is 359 g/mol. The maximum atomic E-state index is 13.2. The first-order valence-corrected chi connectivity index (χ1v) is 9.96. The van der Waals surface area contributed by atoms with Crippen LogP contribution >= 0.6 is 23.1 Å². The Morgan fingerprint density at radius 2 is 2.20 bits per heavy atom. The highest BCUT2D eigenvalue weighted by Gasteiger charge is 2.19. The average Bonchev–Trinajstić information content (AvgIpc) is 3.21. The summed E-state index contributed by atoms with van der Waals surface area (Å²) < 4.78 is 18.8. The van der Waals surface area contributed by atoms with Crippen LogP contribution in [0.25, 0.3) is 21.3 Å². The number of fused-ring (bicyclic) bond motifs is 1. The van der Waals surface area contributed by atoms with E-state index in [2.05, 4.69) is 9.97 Å². The molecule has 1 aliphatic heterocycles. The lowest BCUT2D eigenvalue weighted by molar-refractivity contribution is 0.129. The second kappa shape index (κ2) is 6.90. The largest absolute Gasteiger partial charge is 0.377 e. The molecule has 0 radical (unpaired) electrons. The molecule has 4 rings (SSSR count). The zero-order chi connectivity index (χ0) is 17.4. The summed E-state index contributed by atoms with van der Waals surface area (Å²) in [6.45, 7) is 2.78. The molecule has 0 amide bonds. The number of nitrogens with zero attached hydrogens (tertiary/aromatic N) is 1. The van der Waals surface area contributed by atoms with Gasteiger partial charge in [-0.3, -0.25) is 4.79 Å². The number of thioether (sulfide) groups is 1. The third kappa shape index (κ3) is 3.36. The number of H-pyrrole nitrogens is 1. The summed E-state index contributed by atoms with van der Waals surface area (Å²) in [5.41, 5.74) is 1.52. The molecule has 0 saturated carbocycles. The molecule has 2 aromatic heterocycles. The van der Waals surface area contributed by atoms with Crippen LogP contribution in [0.2, 0.25) is 0 Å². The van der Waals surface area contributed by atoms with Gasteiger partial charge in [0.05, 0.1) is 11.5 Å². The molecule has 1 N–H and O–H groups in total. The predicted molar refractivity (Wildman–Crippen MR) is 100 cm³/mol. The van der Waals surface area contributed by atoms with Gasteiger partial charge in [0.25, 0.3) is 5.56 Å². The normalized spacial score (nSPS) is 17.4. The number of hydrogen-bond donors (Lipinski definition) is 1. The SMILES string of the molecule is Cc1sc2nc(SC[C@H]3CCCO3)[nH]c(=O)c2c1-c1ccc(F)cc1. The molecule has 1 aromatic carbocycles. The smallest absolute Gasteiger partial charge is 0.260 e. The summed E-state index contributed by atoms with van der Waals surface area (Å²) in [7, 11) is 0. The van der Waals surface area contributed by atoms with Crippen LogP contribution in [0, 0.1) is 12.7 Å². The van der Waals surface area contributed by atoms with Gasteiger partial charge >= 0.3 is 0 Å². The lowest BCUT2D eigenvalue weighted by atomic mass is 10.0. The Morgan fingerprint density at radius 1 is 1.40 bits per heavy atom. The Morgan fingerprint density at radius 3 is 2.92 bits per heavy atom. The van der Waals surface area contributed by atoms with E-state index in [1.807, 2.05) is 6.92 Å². The van der Waals surface area contributed by atoms with Gasteiger partial charge in [-0.2, -0.15) is 0 Å². The Labute approximate surface area is 152 Å². The van der Waals surface area contributed by atoms with Crippen LogP contribution in [0.5, 0.6) is 0 Å². The number of aromatic amines is 1. The van der Waals surface area contributed by atoms with E-state index >= 15 is 0 Å². The molecule has 3 heterocycles. The maximum absolute atomic E-state index is 13.2. The van der Waals surface area contributed by atoms with Crippen LogP contribution in [-0.4, -0.2) is 28.4 Å². The number of benzene rings is 1. The van der Waals surface area contributed by atoms with Crippen molar-refractivity contribution in [2.75, 3.05) is 12.4 Å². The fraction of sp³-hybridized carbons (Fsp3) is 0.333. The molecule has 130 valence electrons. The zero-order valence-electron chi connectivity index (χ0n) is 13.7. The van der Waals surface area contributed by atoms with Gasteiger partial charge < -0.3 is 9.72 Å². The van der Waals surface area contributed by atoms with Gasteiger partial charge in [0, 0.05) is 22.8 Å². The summed E-state index contributed by atoms with van der Waals surface area (Å²) in [6.07, 6.45) is 2.40. The lowest BCUT2D eigenvalue weighted by Gasteiger charge is -2.07. The summed E-state index contributed by atoms with van der Waals surface area (Å²) in [4.78, 5) is 21.9. The van der Waals surface area contributed by atoms with Crippen molar-refractivity contribution in [2.45, 2.75) is 31.0 Å². The average molecular weight is 376 g/mol. The van der Waals surface area contributed by atoms with E-state index < -0.39 is 0 Å². The predicted octanol–water partition coefficient (Wildman–Crippen LogP) is 4.37. The fourth-order valence-corrected chi connectivity index (χ4v) is 5.11. The van der Waals surface area contributed by atoms with Gasteiger partial charge in [0.2, 0.25) is 0 Å². The topological polar surface area (TPSA) is 55.0 Å². The maximum Gasteiger partial charge on any atom is 0.260 e. The monoisotopic (exact) mass is 376 g/mol. The van der Waals surface area contributed by atoms with Crippen LogP contribution in [0.15, 0.2) is 34.2 Å². The van der Waals surface area contributed by atoms with Crippen molar-refractivity contribution in [3.05, 3.63) is 45.3 Å². The van der Waals surface area contributed by atoms with E-state index in [0.717, 1.165) is 46.0 Å². The van der Waals surface area contributed by atoms with Crippen molar-refractivity contribution in [3.63, 3.8) is 0 Å². The highest BCUT2D eigenvalue weighted by atomic mass is 32.2. The molecule has 4 nitrogen and oxygen atoms in total. The second-order valence-corrected chi connectivity index (χ2v) is 8.25. The van der Waals surface area contributed by atoms with Gasteiger partial charge in [0.1, 0.15) is 10.6 Å². The molecule has 0 spiro atoms. The number of aryl methyl sites for hydroxylation is 1. The molecule has 0 aliphatic carbocycles. The minimum atomic E-state index is -0.291. The molecule has 0 unspecified atom stereocenters. The quantitative estimate of drug-likeness (QED) is 0.543. The molecule has 25 heavy (non-hydrogen) atoms. The number of nitrogens with one attached hydrogen (secondary N) is 1. The molecule has 1 fully saturated rings. The van der Waals surface area contributed by atoms with Gasteiger partial charge in [-0.25, -0.2) is 9.37 Å². The van der Waals surface area contributed by atoms with Gasteiger partial charge in [0.15, 0.2) is 5.16 Å². The van der Waals surface area contributed by atoms with E-state index in [0.29, 0.717) is 10.5 Å². The highest BCUT2D eigenvalue weighted by Crippen LogP contribution is 2.36. The number of ether oxygens (including phenoxy) is 1. The molecular formula is C18H17FN2O2S2. The minimum Gasteiger partial charge on any atom is -0.377 e. The van der Waals surface area contributed by atoms with Crippen molar-refractivity contribution < 1.29 is 9.13 Å². The Hall–Kier alpha value is -1.70. The van der Waals surface area contributed by atoms with Crippen molar-refractivity contribution in [1.29, 1.82) is 0 Å². The number of thiophene rings is 1. The van der Waals surface area contributed by atoms with E-state index in [4.69, 9.17) is 4.74 Å². The molecule has 0 bridgehead atoms. The number of rotatable bonds is 4. The van der Waals surface area contributed by atoms with Crippen molar-refractivity contribution in [3.8, 4) is 11.1 Å². The Kier molecular flexibility index (Phi) is 4.62. The van der Waals surface area contributed by atoms with E-state index in [9.17, 15) is 9.18 Å². The fourth-order valence-electron chi connectivity index (χ4n) is 3.08. The Bertz CT molecular complexity index is 960. The number of aromatic nitrogens is 2. The first-order valence-electron chi connectivity index (χ1n) is 8.15. The summed E-state index contributed by atoms with van der Waals surface area (Å²) in [5.74, 6) is 0.504. The van der Waals surface area contributed by atoms with Gasteiger partial charge in [-0.15, -0.1) is 11.3 Å². The van der Waals surface area contributed by atoms with E-state index in [-0.39, 0.29) is 17.5 Å². The minimum absolute atomic E-state index is 0.150. The van der Waals surface area contributed by atoms with Gasteiger partial charge in [-0.1, -0.05) is 23.9 Å². The van der Waals surface area contributed by atoms with Crippen molar-refractivity contribution in [1.82, 2.24) is 9.97 Å². The summed E-state index contributed by atoms with van der Waals surface area (Å²) >= 11 is 3.02. The zero-order valence-corrected chi connectivity index (χ0v) is 15.3. The van der Waals surface area contributed by atoms with Crippen molar-refractivity contribution in [2.24, 2.45) is 0 Å².